The molecule has 6 nitrogen and oxygen atoms in total. The van der Waals surface area contributed by atoms with Gasteiger partial charge in [-0.15, -0.1) is 10.2 Å². The largest absolute Gasteiger partial charge is 0.398 e. The Hall–Kier alpha value is -1.26. The fourth-order valence-electron chi connectivity index (χ4n) is 2.44. The number of ether oxygens (including phenoxy) is 1. The Balaban J connectivity index is 1.82. The fraction of sp³-hybridized carbons (Fsp3) is 0.308. The molecule has 0 radical (unpaired) electrons. The quantitative estimate of drug-likeness (QED) is 0.517. The smallest absolute Gasteiger partial charge is 0.235 e. The van der Waals surface area contributed by atoms with Gasteiger partial charge in [0.05, 0.1) is 0 Å². The molecular weight excluding hydrogens is 401 g/mol. The fourth-order valence-corrected chi connectivity index (χ4v) is 3.81. The summed E-state index contributed by atoms with van der Waals surface area (Å²) in [6, 6.07) is 5.92. The van der Waals surface area contributed by atoms with Crippen LogP contribution >= 0.6 is 33.9 Å². The second kappa shape index (κ2) is 5.18. The Labute approximate surface area is 138 Å². The maximum atomic E-state index is 6.07. The van der Waals surface area contributed by atoms with E-state index in [1.54, 1.807) is 4.52 Å². The minimum Gasteiger partial charge on any atom is -0.398 e. The lowest BCUT2D eigenvalue weighted by Gasteiger charge is -2.04. The van der Waals surface area contributed by atoms with Crippen LogP contribution in [-0.4, -0.2) is 26.4 Å². The van der Waals surface area contributed by atoms with Crippen LogP contribution in [-0.2, 0) is 4.74 Å². The monoisotopic (exact) mass is 413 g/mol. The van der Waals surface area contributed by atoms with Crippen LogP contribution in [0.15, 0.2) is 18.2 Å². The maximum absolute atomic E-state index is 6.07. The van der Waals surface area contributed by atoms with Crippen LogP contribution in [0, 0.1) is 3.57 Å². The zero-order valence-corrected chi connectivity index (χ0v) is 14.0. The van der Waals surface area contributed by atoms with Gasteiger partial charge in [-0.2, -0.15) is 9.61 Å². The number of fused-ring (bicyclic) bond motifs is 1. The molecule has 0 saturated carbocycles. The summed E-state index contributed by atoms with van der Waals surface area (Å²) in [4.78, 5) is 0.772. The second-order valence-corrected chi connectivity index (χ2v) is 7.09. The molecule has 3 aromatic rings. The Morgan fingerprint density at radius 3 is 3.10 bits per heavy atom. The molecule has 3 heterocycles. The molecule has 8 heteroatoms. The van der Waals surface area contributed by atoms with Crippen molar-refractivity contribution in [2.75, 3.05) is 12.3 Å². The number of nitrogens with two attached hydrogens (primary N) is 1. The van der Waals surface area contributed by atoms with Gasteiger partial charge in [-0.05, 0) is 53.6 Å². The summed E-state index contributed by atoms with van der Waals surface area (Å²) in [5, 5.41) is 13.9. The number of benzene rings is 1. The summed E-state index contributed by atoms with van der Waals surface area (Å²) in [7, 11) is 0. The first-order valence-electron chi connectivity index (χ1n) is 6.61. The van der Waals surface area contributed by atoms with Gasteiger partial charge in [0.15, 0.2) is 5.82 Å². The minimum atomic E-state index is 0.00297. The second-order valence-electron chi connectivity index (χ2n) is 4.89. The molecule has 21 heavy (non-hydrogen) atoms. The number of hydrogen-bond donors (Lipinski definition) is 1. The van der Waals surface area contributed by atoms with E-state index >= 15 is 0 Å². The van der Waals surface area contributed by atoms with Crippen molar-refractivity contribution in [3.8, 4) is 10.6 Å². The molecule has 2 aromatic heterocycles. The van der Waals surface area contributed by atoms with E-state index in [1.165, 1.54) is 11.3 Å². The molecule has 1 atom stereocenters. The molecule has 0 aliphatic carbocycles. The highest BCUT2D eigenvalue weighted by Gasteiger charge is 2.25. The number of hydrogen-bond acceptors (Lipinski definition) is 6. The van der Waals surface area contributed by atoms with Crippen LogP contribution in [0.4, 0.5) is 5.69 Å². The molecule has 1 fully saturated rings. The summed E-state index contributed by atoms with van der Waals surface area (Å²) in [6.07, 6.45) is 2.03. The Kier molecular flexibility index (Phi) is 3.31. The van der Waals surface area contributed by atoms with Gasteiger partial charge in [-0.25, -0.2) is 0 Å². The van der Waals surface area contributed by atoms with Gasteiger partial charge in [-0.1, -0.05) is 11.3 Å². The van der Waals surface area contributed by atoms with Gasteiger partial charge in [0.25, 0.3) is 0 Å². The van der Waals surface area contributed by atoms with Gasteiger partial charge in [0.2, 0.25) is 4.96 Å². The molecule has 4 rings (SSSR count). The molecule has 1 aliphatic rings. The van der Waals surface area contributed by atoms with Crippen molar-refractivity contribution in [1.29, 1.82) is 0 Å². The van der Waals surface area contributed by atoms with E-state index in [2.05, 4.69) is 37.9 Å². The lowest BCUT2D eigenvalue weighted by atomic mass is 10.2. The predicted octanol–water partition coefficient (Wildman–Crippen LogP) is 2.89. The number of rotatable bonds is 2. The zero-order valence-electron chi connectivity index (χ0n) is 11.0. The van der Waals surface area contributed by atoms with Crippen LogP contribution in [0.3, 0.4) is 0 Å². The maximum Gasteiger partial charge on any atom is 0.235 e. The minimum absolute atomic E-state index is 0.00297. The van der Waals surface area contributed by atoms with E-state index in [-0.39, 0.29) is 6.10 Å². The lowest BCUT2D eigenvalue weighted by Crippen LogP contribution is -2.03. The molecule has 2 N–H and O–H groups in total. The first kappa shape index (κ1) is 13.4. The summed E-state index contributed by atoms with van der Waals surface area (Å²) >= 11 is 3.76. The molecule has 1 unspecified atom stereocenters. The van der Waals surface area contributed by atoms with Crippen LogP contribution in [0.1, 0.15) is 24.8 Å². The van der Waals surface area contributed by atoms with Crippen LogP contribution in [0.2, 0.25) is 0 Å². The van der Waals surface area contributed by atoms with Gasteiger partial charge in [0.1, 0.15) is 11.1 Å². The third-order valence-corrected chi connectivity index (χ3v) is 5.08. The molecule has 1 saturated heterocycles. The standard InChI is InChI=1S/C13H12IN5OS/c14-7-3-4-9(15)8(6-7)12-18-19-11(10-2-1-5-20-10)16-17-13(19)21-12/h3-4,6,10H,1-2,5,15H2. The number of aromatic nitrogens is 4. The summed E-state index contributed by atoms with van der Waals surface area (Å²) in [5.74, 6) is 0.786. The van der Waals surface area contributed by atoms with Crippen molar-refractivity contribution in [3.05, 3.63) is 27.6 Å². The zero-order chi connectivity index (χ0) is 14.4. The third-order valence-electron chi connectivity index (χ3n) is 3.48. The summed E-state index contributed by atoms with van der Waals surface area (Å²) < 4.78 is 8.59. The van der Waals surface area contributed by atoms with Crippen LogP contribution in [0.5, 0.6) is 0 Å². The van der Waals surface area contributed by atoms with Gasteiger partial charge >= 0.3 is 0 Å². The molecule has 1 aromatic carbocycles. The van der Waals surface area contributed by atoms with E-state index in [9.17, 15) is 0 Å². The van der Waals surface area contributed by atoms with Crippen molar-refractivity contribution in [2.24, 2.45) is 0 Å². The molecule has 0 bridgehead atoms. The van der Waals surface area contributed by atoms with E-state index in [4.69, 9.17) is 10.5 Å². The lowest BCUT2D eigenvalue weighted by molar-refractivity contribution is 0.103. The molecule has 0 spiro atoms. The van der Waals surface area contributed by atoms with Crippen LogP contribution < -0.4 is 5.73 Å². The Morgan fingerprint density at radius 1 is 1.38 bits per heavy atom. The number of nitrogens with zero attached hydrogens (tertiary/aromatic N) is 4. The first-order chi connectivity index (χ1) is 10.2. The number of nitrogen functional groups attached to an aromatic ring is 1. The van der Waals surface area contributed by atoms with Gasteiger partial charge < -0.3 is 10.5 Å². The molecule has 108 valence electrons. The normalized spacial score (nSPS) is 18.6. The van der Waals surface area contributed by atoms with Gasteiger partial charge in [-0.3, -0.25) is 0 Å². The van der Waals surface area contributed by atoms with E-state index in [0.717, 1.165) is 50.1 Å². The van der Waals surface area contributed by atoms with Crippen molar-refractivity contribution in [2.45, 2.75) is 18.9 Å². The molecule has 0 amide bonds. The van der Waals surface area contributed by atoms with Crippen molar-refractivity contribution in [3.63, 3.8) is 0 Å². The SMILES string of the molecule is Nc1ccc(I)cc1-c1nn2c(C3CCCO3)nnc2s1. The first-order valence-corrected chi connectivity index (χ1v) is 8.51. The highest BCUT2D eigenvalue weighted by atomic mass is 127. The highest BCUT2D eigenvalue weighted by Crippen LogP contribution is 2.33. The number of anilines is 1. The highest BCUT2D eigenvalue weighted by molar-refractivity contribution is 14.1. The van der Waals surface area contributed by atoms with E-state index < -0.39 is 0 Å². The van der Waals surface area contributed by atoms with Crippen LogP contribution in [0.25, 0.3) is 15.5 Å². The Morgan fingerprint density at radius 2 is 2.29 bits per heavy atom. The van der Waals surface area contributed by atoms with Crippen molar-refractivity contribution >= 4 is 44.6 Å². The third kappa shape index (κ3) is 2.30. The average Bonchev–Trinajstić information content (AvgIpc) is 3.15. The van der Waals surface area contributed by atoms with E-state index in [1.807, 2.05) is 18.2 Å². The number of halogens is 1. The molecular formula is C13H12IN5OS. The van der Waals surface area contributed by atoms with E-state index in [0.29, 0.717) is 0 Å². The van der Waals surface area contributed by atoms with Gasteiger partial charge in [0, 0.05) is 21.4 Å². The molecule has 1 aliphatic heterocycles. The Bertz CT molecular complexity index is 808. The predicted molar refractivity (Wildman–Crippen MR) is 89.2 cm³/mol. The average molecular weight is 413 g/mol. The van der Waals surface area contributed by atoms with Crippen molar-refractivity contribution < 1.29 is 4.74 Å². The summed E-state index contributed by atoms with van der Waals surface area (Å²) in [5.41, 5.74) is 7.73. The topological polar surface area (TPSA) is 78.3 Å². The summed E-state index contributed by atoms with van der Waals surface area (Å²) in [6.45, 7) is 0.778. The van der Waals surface area contributed by atoms with Crippen molar-refractivity contribution in [1.82, 2.24) is 19.8 Å².